The van der Waals surface area contributed by atoms with Crippen LogP contribution in [0, 0.1) is 6.92 Å². The van der Waals surface area contributed by atoms with Crippen molar-refractivity contribution >= 4 is 11.7 Å². The number of benzene rings is 1. The summed E-state index contributed by atoms with van der Waals surface area (Å²) in [6.07, 6.45) is 5.12. The molecule has 1 saturated heterocycles. The summed E-state index contributed by atoms with van der Waals surface area (Å²) in [4.78, 5) is 28.0. The maximum absolute atomic E-state index is 12.8. The number of carbonyl (C=O) groups excluding carboxylic acids is 1. The lowest BCUT2D eigenvalue weighted by Crippen LogP contribution is -2.50. The van der Waals surface area contributed by atoms with Crippen molar-refractivity contribution < 1.29 is 19.0 Å². The van der Waals surface area contributed by atoms with Gasteiger partial charge in [0.15, 0.2) is 17.6 Å². The van der Waals surface area contributed by atoms with E-state index in [0.717, 1.165) is 23.0 Å². The van der Waals surface area contributed by atoms with Crippen LogP contribution in [0.2, 0.25) is 0 Å². The van der Waals surface area contributed by atoms with E-state index in [1.165, 1.54) is 0 Å². The lowest BCUT2D eigenvalue weighted by Gasteiger charge is -2.33. The van der Waals surface area contributed by atoms with E-state index in [9.17, 15) is 4.79 Å². The van der Waals surface area contributed by atoms with E-state index in [0.29, 0.717) is 45.2 Å². The van der Waals surface area contributed by atoms with Crippen molar-refractivity contribution in [1.29, 1.82) is 0 Å². The van der Waals surface area contributed by atoms with Gasteiger partial charge in [0.2, 0.25) is 5.95 Å². The number of nitrogens with zero attached hydrogens (tertiary/aromatic N) is 5. The van der Waals surface area contributed by atoms with Crippen LogP contribution < -0.4 is 19.7 Å². The van der Waals surface area contributed by atoms with E-state index in [1.54, 1.807) is 23.3 Å². The van der Waals surface area contributed by atoms with Crippen molar-refractivity contribution in [1.82, 2.24) is 24.8 Å². The molecule has 10 heteroatoms. The van der Waals surface area contributed by atoms with Crippen molar-refractivity contribution in [3.8, 4) is 17.4 Å². The monoisotopic (exact) mass is 450 g/mol. The fraction of sp³-hybridized carbons (Fsp3) is 0.391. The molecule has 4 heterocycles. The van der Waals surface area contributed by atoms with E-state index in [1.807, 2.05) is 37.3 Å². The molecule has 0 radical (unpaired) electrons. The van der Waals surface area contributed by atoms with Crippen molar-refractivity contribution in [3.63, 3.8) is 0 Å². The highest BCUT2D eigenvalue weighted by atomic mass is 16.6. The fourth-order valence-corrected chi connectivity index (χ4v) is 3.88. The SMILES string of the molecule is Cc1cc(N2CCOC(C(=O)NCCC3COc4ccccc4O3)C2)nc(-n2ccnc2)n1. The number of hydrogen-bond donors (Lipinski definition) is 1. The number of aromatic nitrogens is 4. The number of ether oxygens (including phenoxy) is 3. The molecular weight excluding hydrogens is 424 g/mol. The number of nitrogens with one attached hydrogen (secondary N) is 1. The summed E-state index contributed by atoms with van der Waals surface area (Å²) in [5, 5.41) is 2.97. The van der Waals surface area contributed by atoms with Gasteiger partial charge in [-0.2, -0.15) is 4.98 Å². The number of carbonyl (C=O) groups is 1. The Labute approximate surface area is 191 Å². The molecule has 3 aromatic rings. The summed E-state index contributed by atoms with van der Waals surface area (Å²) in [5.74, 6) is 2.66. The molecule has 172 valence electrons. The molecule has 0 aliphatic carbocycles. The number of rotatable bonds is 6. The van der Waals surface area contributed by atoms with E-state index in [-0.39, 0.29) is 12.0 Å². The first kappa shape index (κ1) is 21.2. The third kappa shape index (κ3) is 4.90. The van der Waals surface area contributed by atoms with Gasteiger partial charge in [0, 0.05) is 43.7 Å². The zero-order valence-electron chi connectivity index (χ0n) is 18.4. The molecular formula is C23H26N6O4. The highest BCUT2D eigenvalue weighted by Gasteiger charge is 2.28. The largest absolute Gasteiger partial charge is 0.486 e. The van der Waals surface area contributed by atoms with E-state index >= 15 is 0 Å². The molecule has 1 aromatic carbocycles. The lowest BCUT2D eigenvalue weighted by atomic mass is 10.2. The molecule has 5 rings (SSSR count). The Balaban J connectivity index is 1.15. The quantitative estimate of drug-likeness (QED) is 0.603. The molecule has 1 N–H and O–H groups in total. The van der Waals surface area contributed by atoms with Crippen molar-refractivity contribution in [2.24, 2.45) is 0 Å². The third-order valence-electron chi connectivity index (χ3n) is 5.58. The van der Waals surface area contributed by atoms with Gasteiger partial charge in [0.1, 0.15) is 24.9 Å². The van der Waals surface area contributed by atoms with Crippen LogP contribution in [-0.2, 0) is 9.53 Å². The standard InChI is InChI=1S/C23H26N6O4/c1-16-12-21(27-23(26-16)29-9-8-24-15-29)28-10-11-31-20(13-28)22(30)25-7-6-17-14-32-18-4-2-3-5-19(18)33-17/h2-5,8-9,12,15,17,20H,6-7,10-11,13-14H2,1H3,(H,25,30). The number of para-hydroxylation sites is 2. The number of fused-ring (bicyclic) bond motifs is 1. The molecule has 0 bridgehead atoms. The summed E-state index contributed by atoms with van der Waals surface area (Å²) in [6, 6.07) is 9.52. The lowest BCUT2D eigenvalue weighted by molar-refractivity contribution is -0.133. The zero-order valence-corrected chi connectivity index (χ0v) is 18.4. The van der Waals surface area contributed by atoms with Crippen LogP contribution in [0.5, 0.6) is 11.5 Å². The van der Waals surface area contributed by atoms with E-state index in [2.05, 4.69) is 25.2 Å². The van der Waals surface area contributed by atoms with Gasteiger partial charge in [-0.05, 0) is 19.1 Å². The molecule has 10 nitrogen and oxygen atoms in total. The van der Waals surface area contributed by atoms with Crippen LogP contribution in [0.15, 0.2) is 49.1 Å². The van der Waals surface area contributed by atoms with Gasteiger partial charge in [-0.3, -0.25) is 9.36 Å². The van der Waals surface area contributed by atoms with Crippen LogP contribution in [0.4, 0.5) is 5.82 Å². The summed E-state index contributed by atoms with van der Waals surface area (Å²) in [6.45, 7) is 4.38. The Morgan fingerprint density at radius 3 is 2.97 bits per heavy atom. The van der Waals surface area contributed by atoms with Crippen molar-refractivity contribution in [3.05, 3.63) is 54.7 Å². The van der Waals surface area contributed by atoms with Gasteiger partial charge in [-0.1, -0.05) is 12.1 Å². The Morgan fingerprint density at radius 1 is 1.24 bits per heavy atom. The van der Waals surface area contributed by atoms with Crippen LogP contribution in [0.25, 0.3) is 5.95 Å². The Hall–Kier alpha value is -3.66. The summed E-state index contributed by atoms with van der Waals surface area (Å²) in [7, 11) is 0. The van der Waals surface area contributed by atoms with Crippen molar-refractivity contribution in [2.45, 2.75) is 25.6 Å². The maximum atomic E-state index is 12.8. The van der Waals surface area contributed by atoms with Crippen LogP contribution >= 0.6 is 0 Å². The first-order valence-corrected chi connectivity index (χ1v) is 11.0. The number of amides is 1. The molecule has 0 spiro atoms. The smallest absolute Gasteiger partial charge is 0.250 e. The highest BCUT2D eigenvalue weighted by Crippen LogP contribution is 2.31. The minimum atomic E-state index is -0.574. The molecule has 2 atom stereocenters. The van der Waals surface area contributed by atoms with Gasteiger partial charge in [-0.25, -0.2) is 9.97 Å². The zero-order chi connectivity index (χ0) is 22.6. The molecule has 33 heavy (non-hydrogen) atoms. The molecule has 1 amide bonds. The minimum Gasteiger partial charge on any atom is -0.486 e. The average Bonchev–Trinajstić information content (AvgIpc) is 3.39. The Morgan fingerprint density at radius 2 is 2.12 bits per heavy atom. The van der Waals surface area contributed by atoms with Crippen LogP contribution in [-0.4, -0.2) is 70.5 Å². The fourth-order valence-electron chi connectivity index (χ4n) is 3.88. The van der Waals surface area contributed by atoms with Gasteiger partial charge in [0.25, 0.3) is 5.91 Å². The highest BCUT2D eigenvalue weighted by molar-refractivity contribution is 5.81. The predicted octanol–water partition coefficient (Wildman–Crippen LogP) is 1.52. The summed E-state index contributed by atoms with van der Waals surface area (Å²) >= 11 is 0. The van der Waals surface area contributed by atoms with Gasteiger partial charge >= 0.3 is 0 Å². The van der Waals surface area contributed by atoms with E-state index < -0.39 is 6.10 Å². The number of aryl methyl sites for hydroxylation is 1. The van der Waals surface area contributed by atoms with Crippen LogP contribution in [0.3, 0.4) is 0 Å². The first-order valence-electron chi connectivity index (χ1n) is 11.0. The summed E-state index contributed by atoms with van der Waals surface area (Å²) < 4.78 is 19.2. The van der Waals surface area contributed by atoms with Gasteiger partial charge < -0.3 is 24.4 Å². The number of imidazole rings is 1. The van der Waals surface area contributed by atoms with Gasteiger partial charge in [0.05, 0.1) is 13.2 Å². The number of anilines is 1. The average molecular weight is 450 g/mol. The third-order valence-corrected chi connectivity index (χ3v) is 5.58. The Bertz CT molecular complexity index is 1110. The summed E-state index contributed by atoms with van der Waals surface area (Å²) in [5.41, 5.74) is 0.840. The predicted molar refractivity (Wildman–Crippen MR) is 120 cm³/mol. The normalized spacial score (nSPS) is 19.8. The second-order valence-corrected chi connectivity index (χ2v) is 8.02. The minimum absolute atomic E-state index is 0.102. The number of hydrogen-bond acceptors (Lipinski definition) is 8. The van der Waals surface area contributed by atoms with Crippen molar-refractivity contribution in [2.75, 3.05) is 37.7 Å². The molecule has 0 saturated carbocycles. The molecule has 2 aliphatic heterocycles. The second kappa shape index (κ2) is 9.45. The maximum Gasteiger partial charge on any atom is 0.250 e. The molecule has 2 unspecified atom stereocenters. The molecule has 2 aromatic heterocycles. The van der Waals surface area contributed by atoms with E-state index in [4.69, 9.17) is 14.2 Å². The topological polar surface area (TPSA) is 104 Å². The van der Waals surface area contributed by atoms with Gasteiger partial charge in [-0.15, -0.1) is 0 Å². The molecule has 2 aliphatic rings. The molecule has 1 fully saturated rings. The Kier molecular flexibility index (Phi) is 6.07. The van der Waals surface area contributed by atoms with Crippen LogP contribution in [0.1, 0.15) is 12.1 Å². The first-order chi connectivity index (χ1) is 16.2. The second-order valence-electron chi connectivity index (χ2n) is 8.02. The number of morpholine rings is 1.